The summed E-state index contributed by atoms with van der Waals surface area (Å²) in [6.45, 7) is -0.649. The molecule has 2 rings (SSSR count). The van der Waals surface area contributed by atoms with E-state index in [-0.39, 0.29) is 11.4 Å². The number of anilines is 1. The van der Waals surface area contributed by atoms with Gasteiger partial charge in [-0.2, -0.15) is 13.2 Å². The molecule has 0 saturated carbocycles. The number of azide groups is 1. The van der Waals surface area contributed by atoms with Crippen molar-refractivity contribution in [3.8, 4) is 5.75 Å². The zero-order valence-electron chi connectivity index (χ0n) is 13.4. The molecule has 1 aliphatic heterocycles. The molecular weight excluding hydrogens is 377 g/mol. The molecule has 0 aromatic heterocycles. The molecule has 1 aromatic carbocycles. The quantitative estimate of drug-likeness (QED) is 0.328. The minimum Gasteiger partial charge on any atom is -0.464 e. The Bertz CT molecular complexity index is 710. The molecule has 10 nitrogen and oxygen atoms in total. The molecular formula is C14H15F3N4O6. The van der Waals surface area contributed by atoms with Crippen LogP contribution < -0.4 is 10.1 Å². The molecule has 0 bridgehead atoms. The number of nitrogens with zero attached hydrogens (tertiary/aromatic N) is 3. The summed E-state index contributed by atoms with van der Waals surface area (Å²) in [5, 5.41) is 33.9. The molecule has 27 heavy (non-hydrogen) atoms. The van der Waals surface area contributed by atoms with E-state index in [1.54, 1.807) is 5.32 Å². The van der Waals surface area contributed by atoms with E-state index in [0.717, 1.165) is 12.1 Å². The van der Waals surface area contributed by atoms with Gasteiger partial charge in [-0.25, -0.2) is 0 Å². The van der Waals surface area contributed by atoms with Gasteiger partial charge >= 0.3 is 12.1 Å². The molecule has 1 heterocycles. The Morgan fingerprint density at radius 1 is 1.30 bits per heavy atom. The van der Waals surface area contributed by atoms with Crippen molar-refractivity contribution >= 4 is 11.6 Å². The average Bonchev–Trinajstić information content (AvgIpc) is 2.62. The van der Waals surface area contributed by atoms with Crippen LogP contribution in [0.5, 0.6) is 5.75 Å². The topological polar surface area (TPSA) is 157 Å². The van der Waals surface area contributed by atoms with Crippen LogP contribution in [0.1, 0.15) is 0 Å². The number of aliphatic hydroxyl groups excluding tert-OH is 3. The molecule has 0 radical (unpaired) electrons. The van der Waals surface area contributed by atoms with Crippen LogP contribution in [-0.2, 0) is 9.53 Å². The standard InChI is InChI=1S/C14H15F3N4O6/c15-14(16,17)13(25)19-6-1-3-7(4-2-6)26-12-9(20-21-18)11(24)10(23)8(5-22)27-12/h1-4,8-12,22-24H,5H2,(H,19,25). The molecule has 13 heteroatoms. The molecule has 0 spiro atoms. The summed E-state index contributed by atoms with van der Waals surface area (Å²) in [6, 6.07) is 3.30. The number of rotatable bonds is 5. The molecule has 148 valence electrons. The average molecular weight is 392 g/mol. The van der Waals surface area contributed by atoms with Crippen molar-refractivity contribution in [2.24, 2.45) is 5.11 Å². The highest BCUT2D eigenvalue weighted by Gasteiger charge is 2.45. The Morgan fingerprint density at radius 2 is 1.93 bits per heavy atom. The molecule has 1 saturated heterocycles. The minimum absolute atomic E-state index is 0.0448. The predicted molar refractivity (Wildman–Crippen MR) is 82.4 cm³/mol. The molecule has 0 aliphatic carbocycles. The lowest BCUT2D eigenvalue weighted by Gasteiger charge is -2.40. The van der Waals surface area contributed by atoms with Crippen molar-refractivity contribution in [1.82, 2.24) is 0 Å². The molecule has 1 aliphatic rings. The molecule has 1 fully saturated rings. The maximum Gasteiger partial charge on any atom is 0.471 e. The largest absolute Gasteiger partial charge is 0.471 e. The predicted octanol–water partition coefficient (Wildman–Crippen LogP) is 0.684. The third-order valence-corrected chi connectivity index (χ3v) is 3.66. The number of aliphatic hydroxyl groups is 3. The summed E-state index contributed by atoms with van der Waals surface area (Å²) in [7, 11) is 0. The molecule has 5 unspecified atom stereocenters. The van der Waals surface area contributed by atoms with E-state index < -0.39 is 49.3 Å². The maximum absolute atomic E-state index is 12.2. The molecule has 1 amide bonds. The number of ether oxygens (including phenoxy) is 2. The number of hydrogen-bond donors (Lipinski definition) is 4. The fourth-order valence-electron chi connectivity index (χ4n) is 2.30. The third-order valence-electron chi connectivity index (χ3n) is 3.66. The molecule has 4 N–H and O–H groups in total. The fraction of sp³-hybridized carbons (Fsp3) is 0.500. The van der Waals surface area contributed by atoms with Gasteiger partial charge in [0, 0.05) is 10.6 Å². The Balaban J connectivity index is 2.12. The first-order valence-electron chi connectivity index (χ1n) is 7.49. The highest BCUT2D eigenvalue weighted by molar-refractivity contribution is 5.94. The first-order chi connectivity index (χ1) is 12.7. The van der Waals surface area contributed by atoms with E-state index in [9.17, 15) is 33.3 Å². The van der Waals surface area contributed by atoms with E-state index in [1.165, 1.54) is 12.1 Å². The van der Waals surface area contributed by atoms with Crippen LogP contribution in [-0.4, -0.2) is 64.7 Å². The maximum atomic E-state index is 12.2. The number of amides is 1. The highest BCUT2D eigenvalue weighted by atomic mass is 19.4. The second-order valence-electron chi connectivity index (χ2n) is 5.50. The lowest BCUT2D eigenvalue weighted by Crippen LogP contribution is -2.59. The van der Waals surface area contributed by atoms with Crippen molar-refractivity contribution in [3.63, 3.8) is 0 Å². The summed E-state index contributed by atoms with van der Waals surface area (Å²) < 4.78 is 47.3. The Kier molecular flexibility index (Phi) is 6.46. The van der Waals surface area contributed by atoms with Crippen LogP contribution in [0, 0.1) is 0 Å². The van der Waals surface area contributed by atoms with Crippen LogP contribution in [0.2, 0.25) is 0 Å². The molecule has 1 aromatic rings. The molecule has 5 atom stereocenters. The van der Waals surface area contributed by atoms with Gasteiger partial charge in [0.2, 0.25) is 6.29 Å². The minimum atomic E-state index is -5.04. The Labute approximate surface area is 149 Å². The SMILES string of the molecule is [N-]=[N+]=NC1C(Oc2ccc(NC(=O)C(F)(F)F)cc2)OC(CO)C(O)C1O. The monoisotopic (exact) mass is 392 g/mol. The summed E-state index contributed by atoms with van der Waals surface area (Å²) in [5.74, 6) is -2.10. The van der Waals surface area contributed by atoms with Gasteiger partial charge in [-0.15, -0.1) is 0 Å². The van der Waals surface area contributed by atoms with Crippen molar-refractivity contribution in [2.45, 2.75) is 36.8 Å². The zero-order valence-corrected chi connectivity index (χ0v) is 13.4. The summed E-state index contributed by atoms with van der Waals surface area (Å²) >= 11 is 0. The number of carbonyl (C=O) groups excluding carboxylic acids is 1. The van der Waals surface area contributed by atoms with Gasteiger partial charge in [0.15, 0.2) is 0 Å². The number of carbonyl (C=O) groups is 1. The number of alkyl halides is 3. The van der Waals surface area contributed by atoms with Gasteiger partial charge < -0.3 is 30.1 Å². The van der Waals surface area contributed by atoms with Crippen LogP contribution >= 0.6 is 0 Å². The van der Waals surface area contributed by atoms with Crippen molar-refractivity contribution in [1.29, 1.82) is 0 Å². The van der Waals surface area contributed by atoms with Gasteiger partial charge in [0.05, 0.1) is 12.7 Å². The third kappa shape index (κ3) is 4.99. The van der Waals surface area contributed by atoms with Gasteiger partial charge in [-0.3, -0.25) is 4.79 Å². The van der Waals surface area contributed by atoms with Crippen molar-refractivity contribution in [3.05, 3.63) is 34.7 Å². The lowest BCUT2D eigenvalue weighted by molar-refractivity contribution is -0.239. The van der Waals surface area contributed by atoms with Crippen LogP contribution in [0.25, 0.3) is 10.4 Å². The number of halogens is 3. The number of hydrogen-bond acceptors (Lipinski definition) is 7. The lowest BCUT2D eigenvalue weighted by atomic mass is 9.98. The van der Waals surface area contributed by atoms with Crippen LogP contribution in [0.4, 0.5) is 18.9 Å². The van der Waals surface area contributed by atoms with Gasteiger partial charge in [0.25, 0.3) is 0 Å². The number of nitrogens with one attached hydrogen (secondary N) is 1. The Hall–Kier alpha value is -2.57. The second kappa shape index (κ2) is 8.41. The van der Waals surface area contributed by atoms with Crippen LogP contribution in [0.3, 0.4) is 0 Å². The van der Waals surface area contributed by atoms with E-state index in [2.05, 4.69) is 10.0 Å². The smallest absolute Gasteiger partial charge is 0.464 e. The second-order valence-corrected chi connectivity index (χ2v) is 5.50. The van der Waals surface area contributed by atoms with E-state index in [1.807, 2.05) is 0 Å². The van der Waals surface area contributed by atoms with Crippen LogP contribution in [0.15, 0.2) is 29.4 Å². The Morgan fingerprint density at radius 3 is 2.44 bits per heavy atom. The normalized spacial score (nSPS) is 28.1. The van der Waals surface area contributed by atoms with E-state index in [0.29, 0.717) is 0 Å². The first-order valence-corrected chi connectivity index (χ1v) is 7.49. The first kappa shape index (κ1) is 20.7. The van der Waals surface area contributed by atoms with E-state index >= 15 is 0 Å². The van der Waals surface area contributed by atoms with Crippen molar-refractivity contribution < 1.29 is 42.8 Å². The highest BCUT2D eigenvalue weighted by Crippen LogP contribution is 2.27. The zero-order chi connectivity index (χ0) is 20.2. The fourth-order valence-corrected chi connectivity index (χ4v) is 2.30. The summed E-state index contributed by atoms with van der Waals surface area (Å²) in [4.78, 5) is 13.4. The van der Waals surface area contributed by atoms with Gasteiger partial charge in [0.1, 0.15) is 24.0 Å². The van der Waals surface area contributed by atoms with Crippen molar-refractivity contribution in [2.75, 3.05) is 11.9 Å². The van der Waals surface area contributed by atoms with Gasteiger partial charge in [-0.05, 0) is 29.8 Å². The van der Waals surface area contributed by atoms with E-state index in [4.69, 9.17) is 15.0 Å². The summed E-state index contributed by atoms with van der Waals surface area (Å²) in [6.07, 6.45) is -10.7. The van der Waals surface area contributed by atoms with Gasteiger partial charge in [-0.1, -0.05) is 5.11 Å². The number of benzene rings is 1. The summed E-state index contributed by atoms with van der Waals surface area (Å²) in [5.41, 5.74) is 8.44.